The summed E-state index contributed by atoms with van der Waals surface area (Å²) in [4.78, 5) is 8.51. The SMILES string of the molecule is Cl.N#Cc1ccccc1-n1cc(-c2ncncc2OC[C@H]2CC[C@@H](N)CC2)cn1. The van der Waals surface area contributed by atoms with E-state index in [9.17, 15) is 5.26 Å². The molecule has 2 aromatic heterocycles. The molecular formula is C21H23ClN6O. The van der Waals surface area contributed by atoms with Crippen LogP contribution >= 0.6 is 12.4 Å². The molecule has 4 rings (SSSR count). The van der Waals surface area contributed by atoms with Crippen molar-refractivity contribution >= 4 is 12.4 Å². The molecule has 0 unspecified atom stereocenters. The van der Waals surface area contributed by atoms with E-state index in [1.807, 2.05) is 24.4 Å². The number of nitriles is 1. The van der Waals surface area contributed by atoms with Crippen molar-refractivity contribution in [3.8, 4) is 28.8 Å². The average molecular weight is 411 g/mol. The predicted octanol–water partition coefficient (Wildman–Crippen LogP) is 3.52. The van der Waals surface area contributed by atoms with Gasteiger partial charge in [0, 0.05) is 17.8 Å². The Kier molecular flexibility index (Phi) is 6.81. The molecule has 1 fully saturated rings. The lowest BCUT2D eigenvalue weighted by Crippen LogP contribution is -2.28. The van der Waals surface area contributed by atoms with E-state index in [1.165, 1.54) is 6.33 Å². The van der Waals surface area contributed by atoms with Gasteiger partial charge in [0.15, 0.2) is 5.75 Å². The first-order valence-electron chi connectivity index (χ1n) is 9.47. The third-order valence-corrected chi connectivity index (χ3v) is 5.17. The summed E-state index contributed by atoms with van der Waals surface area (Å²) in [6.45, 7) is 0.637. The number of ether oxygens (including phenoxy) is 1. The third kappa shape index (κ3) is 4.73. The Hall–Kier alpha value is -2.95. The smallest absolute Gasteiger partial charge is 0.163 e. The largest absolute Gasteiger partial charge is 0.489 e. The maximum atomic E-state index is 9.32. The van der Waals surface area contributed by atoms with Gasteiger partial charge >= 0.3 is 0 Å². The van der Waals surface area contributed by atoms with Gasteiger partial charge in [-0.1, -0.05) is 12.1 Å². The van der Waals surface area contributed by atoms with Gasteiger partial charge in [0.2, 0.25) is 0 Å². The molecule has 7 nitrogen and oxygen atoms in total. The van der Waals surface area contributed by atoms with Crippen LogP contribution in [0.2, 0.25) is 0 Å². The van der Waals surface area contributed by atoms with Crippen LogP contribution in [-0.2, 0) is 0 Å². The van der Waals surface area contributed by atoms with Crippen molar-refractivity contribution in [1.29, 1.82) is 5.26 Å². The maximum absolute atomic E-state index is 9.32. The molecule has 0 radical (unpaired) electrons. The molecule has 1 aliphatic rings. The Balaban J connectivity index is 0.00000240. The van der Waals surface area contributed by atoms with Crippen LogP contribution in [0.1, 0.15) is 31.2 Å². The highest BCUT2D eigenvalue weighted by Crippen LogP contribution is 2.29. The Bertz CT molecular complexity index is 991. The predicted molar refractivity (Wildman–Crippen MR) is 112 cm³/mol. The molecular weight excluding hydrogens is 388 g/mol. The van der Waals surface area contributed by atoms with Crippen LogP contribution in [0.25, 0.3) is 16.9 Å². The van der Waals surface area contributed by atoms with Gasteiger partial charge in [-0.25, -0.2) is 14.6 Å². The minimum Gasteiger partial charge on any atom is -0.489 e. The highest BCUT2D eigenvalue weighted by atomic mass is 35.5. The van der Waals surface area contributed by atoms with Gasteiger partial charge < -0.3 is 10.5 Å². The second kappa shape index (κ2) is 9.50. The van der Waals surface area contributed by atoms with E-state index in [2.05, 4.69) is 21.1 Å². The molecule has 3 aromatic rings. The molecule has 8 heteroatoms. The van der Waals surface area contributed by atoms with Crippen LogP contribution in [0, 0.1) is 17.2 Å². The van der Waals surface area contributed by atoms with Gasteiger partial charge in [-0.15, -0.1) is 12.4 Å². The third-order valence-electron chi connectivity index (χ3n) is 5.17. The summed E-state index contributed by atoms with van der Waals surface area (Å²) in [5.41, 5.74) is 8.79. The van der Waals surface area contributed by atoms with Crippen LogP contribution in [-0.4, -0.2) is 32.4 Å². The Morgan fingerprint density at radius 1 is 1.17 bits per heavy atom. The van der Waals surface area contributed by atoms with E-state index >= 15 is 0 Å². The second-order valence-electron chi connectivity index (χ2n) is 7.13. The number of hydrogen-bond acceptors (Lipinski definition) is 6. The van der Waals surface area contributed by atoms with Crippen molar-refractivity contribution in [2.24, 2.45) is 11.7 Å². The minimum atomic E-state index is 0. The molecule has 0 spiro atoms. The van der Waals surface area contributed by atoms with Crippen molar-refractivity contribution in [2.45, 2.75) is 31.7 Å². The van der Waals surface area contributed by atoms with Gasteiger partial charge in [0.1, 0.15) is 18.1 Å². The fraction of sp³-hybridized carbons (Fsp3) is 0.333. The summed E-state index contributed by atoms with van der Waals surface area (Å²) >= 11 is 0. The average Bonchev–Trinajstić information content (AvgIpc) is 3.23. The summed E-state index contributed by atoms with van der Waals surface area (Å²) in [5, 5.41) is 13.7. The summed E-state index contributed by atoms with van der Waals surface area (Å²) in [6, 6.07) is 9.87. The number of nitrogens with two attached hydrogens (primary N) is 1. The molecule has 0 saturated heterocycles. The first-order chi connectivity index (χ1) is 13.7. The molecule has 0 bridgehead atoms. The van der Waals surface area contributed by atoms with Crippen LogP contribution in [0.15, 0.2) is 49.2 Å². The molecule has 1 saturated carbocycles. The van der Waals surface area contributed by atoms with Crippen molar-refractivity contribution < 1.29 is 4.74 Å². The summed E-state index contributed by atoms with van der Waals surface area (Å²) < 4.78 is 7.75. The molecule has 29 heavy (non-hydrogen) atoms. The zero-order valence-electron chi connectivity index (χ0n) is 15.9. The lowest BCUT2D eigenvalue weighted by Gasteiger charge is -2.26. The number of aromatic nitrogens is 4. The van der Waals surface area contributed by atoms with Crippen molar-refractivity contribution in [3.05, 3.63) is 54.7 Å². The van der Waals surface area contributed by atoms with Gasteiger partial charge in [-0.2, -0.15) is 10.4 Å². The standard InChI is InChI=1S/C21H22N6O.ClH/c22-9-16-3-1-2-4-19(16)27-12-17(10-26-27)21-20(11-24-14-25-21)28-13-15-5-7-18(23)8-6-15;/h1-4,10-12,14-15,18H,5-8,13,23H2;1H/t15-,18+;. The van der Waals surface area contributed by atoms with Crippen LogP contribution < -0.4 is 10.5 Å². The zero-order valence-corrected chi connectivity index (χ0v) is 16.8. The molecule has 150 valence electrons. The normalized spacial score (nSPS) is 18.5. The first-order valence-corrected chi connectivity index (χ1v) is 9.47. The maximum Gasteiger partial charge on any atom is 0.163 e. The number of nitrogens with zero attached hydrogens (tertiary/aromatic N) is 5. The van der Waals surface area contributed by atoms with Crippen molar-refractivity contribution in [1.82, 2.24) is 19.7 Å². The van der Waals surface area contributed by atoms with Gasteiger partial charge in [0.25, 0.3) is 0 Å². The summed E-state index contributed by atoms with van der Waals surface area (Å²) in [7, 11) is 0. The number of benzene rings is 1. The number of hydrogen-bond donors (Lipinski definition) is 1. The van der Waals surface area contributed by atoms with Gasteiger partial charge in [-0.3, -0.25) is 0 Å². The molecule has 0 aliphatic heterocycles. The highest BCUT2D eigenvalue weighted by Gasteiger charge is 2.20. The number of halogens is 1. The van der Waals surface area contributed by atoms with E-state index in [-0.39, 0.29) is 12.4 Å². The van der Waals surface area contributed by atoms with Crippen molar-refractivity contribution in [3.63, 3.8) is 0 Å². The fourth-order valence-electron chi connectivity index (χ4n) is 3.55. The highest BCUT2D eigenvalue weighted by molar-refractivity contribution is 5.85. The summed E-state index contributed by atoms with van der Waals surface area (Å²) in [5.74, 6) is 1.16. The Morgan fingerprint density at radius 3 is 2.76 bits per heavy atom. The van der Waals surface area contributed by atoms with Gasteiger partial charge in [0.05, 0.1) is 30.3 Å². The Morgan fingerprint density at radius 2 is 1.97 bits per heavy atom. The molecule has 0 atom stereocenters. The summed E-state index contributed by atoms with van der Waals surface area (Å²) in [6.07, 6.45) is 11.1. The van der Waals surface area contributed by atoms with Crippen molar-refractivity contribution in [2.75, 3.05) is 6.61 Å². The lowest BCUT2D eigenvalue weighted by molar-refractivity contribution is 0.200. The minimum absolute atomic E-state index is 0. The van der Waals surface area contributed by atoms with E-state index in [1.54, 1.807) is 23.1 Å². The molecule has 2 N–H and O–H groups in total. The van der Waals surface area contributed by atoms with Gasteiger partial charge in [-0.05, 0) is 43.7 Å². The van der Waals surface area contributed by atoms with E-state index in [4.69, 9.17) is 10.5 Å². The van der Waals surface area contributed by atoms with E-state index in [0.717, 1.165) is 36.9 Å². The molecule has 2 heterocycles. The number of rotatable bonds is 5. The van der Waals surface area contributed by atoms with Crippen LogP contribution in [0.5, 0.6) is 5.75 Å². The molecule has 1 aliphatic carbocycles. The Labute approximate surface area is 176 Å². The lowest BCUT2D eigenvalue weighted by atomic mass is 9.87. The molecule has 0 amide bonds. The van der Waals surface area contributed by atoms with E-state index in [0.29, 0.717) is 35.6 Å². The zero-order chi connectivity index (χ0) is 19.3. The number of para-hydroxylation sites is 1. The monoisotopic (exact) mass is 410 g/mol. The topological polar surface area (TPSA) is 103 Å². The fourth-order valence-corrected chi connectivity index (χ4v) is 3.55. The first kappa shape index (κ1) is 20.8. The molecule has 1 aromatic carbocycles. The second-order valence-corrected chi connectivity index (χ2v) is 7.13. The van der Waals surface area contributed by atoms with E-state index < -0.39 is 0 Å². The quantitative estimate of drug-likeness (QED) is 0.690. The van der Waals surface area contributed by atoms with Crippen LogP contribution in [0.3, 0.4) is 0 Å². The van der Waals surface area contributed by atoms with Crippen LogP contribution in [0.4, 0.5) is 0 Å².